The summed E-state index contributed by atoms with van der Waals surface area (Å²) in [5.74, 6) is 0. The van der Waals surface area contributed by atoms with Crippen LogP contribution in [0.5, 0.6) is 0 Å². The highest BCUT2D eigenvalue weighted by atomic mass is 14.2. The summed E-state index contributed by atoms with van der Waals surface area (Å²) < 4.78 is 0. The van der Waals surface area contributed by atoms with Crippen molar-refractivity contribution in [1.82, 2.24) is 0 Å². The van der Waals surface area contributed by atoms with E-state index < -0.39 is 0 Å². The monoisotopic (exact) mass is 268 g/mol. The second-order valence-corrected chi connectivity index (χ2v) is 5.37. The van der Waals surface area contributed by atoms with E-state index in [-0.39, 0.29) is 0 Å². The van der Waals surface area contributed by atoms with Crippen molar-refractivity contribution in [2.24, 2.45) is 0 Å². The van der Waals surface area contributed by atoms with Crippen LogP contribution in [0.3, 0.4) is 0 Å². The summed E-state index contributed by atoms with van der Waals surface area (Å²) in [6.07, 6.45) is 4.54. The van der Waals surface area contributed by atoms with Gasteiger partial charge < -0.3 is 0 Å². The van der Waals surface area contributed by atoms with Gasteiger partial charge in [0.2, 0.25) is 0 Å². The summed E-state index contributed by atoms with van der Waals surface area (Å²) in [5, 5.41) is 2.68. The fourth-order valence-electron chi connectivity index (χ4n) is 3.23. The first-order chi connectivity index (χ1) is 10.4. The largest absolute Gasteiger partial charge is 0.0791 e. The molecule has 0 nitrogen and oxygen atoms in total. The van der Waals surface area contributed by atoms with E-state index in [9.17, 15) is 0 Å². The zero-order chi connectivity index (χ0) is 14.2. The second kappa shape index (κ2) is 4.75. The fourth-order valence-corrected chi connectivity index (χ4v) is 3.23. The molecule has 0 bridgehead atoms. The van der Waals surface area contributed by atoms with Crippen molar-refractivity contribution < 1.29 is 0 Å². The Morgan fingerprint density at radius 2 is 1.38 bits per heavy atom. The van der Waals surface area contributed by atoms with Crippen molar-refractivity contribution in [2.75, 3.05) is 0 Å². The zero-order valence-electron chi connectivity index (χ0n) is 12.0. The minimum absolute atomic E-state index is 1.28. The van der Waals surface area contributed by atoms with Crippen LogP contribution in [0.1, 0.15) is 12.5 Å². The van der Waals surface area contributed by atoms with Crippen molar-refractivity contribution >= 4 is 12.2 Å². The molecule has 0 aliphatic heterocycles. The van der Waals surface area contributed by atoms with Gasteiger partial charge in [-0.3, -0.25) is 0 Å². The van der Waals surface area contributed by atoms with Crippen LogP contribution in [0.15, 0.2) is 66.7 Å². The van der Waals surface area contributed by atoms with Crippen molar-refractivity contribution in [2.45, 2.75) is 6.92 Å². The van der Waals surface area contributed by atoms with Gasteiger partial charge >= 0.3 is 0 Å². The van der Waals surface area contributed by atoms with Gasteiger partial charge in [0.25, 0.3) is 0 Å². The van der Waals surface area contributed by atoms with Crippen LogP contribution in [0.4, 0.5) is 0 Å². The summed E-state index contributed by atoms with van der Waals surface area (Å²) in [6.45, 7) is 2.12. The van der Waals surface area contributed by atoms with Crippen molar-refractivity contribution in [3.05, 3.63) is 82.7 Å². The lowest BCUT2D eigenvalue weighted by Crippen LogP contribution is -2.26. The van der Waals surface area contributed by atoms with Gasteiger partial charge in [0.15, 0.2) is 0 Å². The molecule has 4 rings (SSSR count). The fraction of sp³-hybridized carbons (Fsp3) is 0.0476. The van der Waals surface area contributed by atoms with Crippen LogP contribution >= 0.6 is 0 Å². The molecular formula is C21H16. The van der Waals surface area contributed by atoms with Crippen LogP contribution in [0.25, 0.3) is 34.4 Å². The molecule has 0 heteroatoms. The van der Waals surface area contributed by atoms with E-state index >= 15 is 0 Å². The maximum atomic E-state index is 2.31. The molecule has 3 aromatic carbocycles. The third kappa shape index (κ3) is 1.84. The van der Waals surface area contributed by atoms with E-state index in [0.29, 0.717) is 0 Å². The first kappa shape index (κ1) is 12.2. The third-order valence-electron chi connectivity index (χ3n) is 4.21. The Hall–Kier alpha value is -2.60. The number of rotatable bonds is 1. The summed E-state index contributed by atoms with van der Waals surface area (Å²) in [7, 11) is 0. The van der Waals surface area contributed by atoms with E-state index in [1.54, 1.807) is 0 Å². The highest BCUT2D eigenvalue weighted by molar-refractivity contribution is 5.85. The normalized spacial score (nSPS) is 12.7. The van der Waals surface area contributed by atoms with Gasteiger partial charge in [0, 0.05) is 0 Å². The molecule has 0 saturated heterocycles. The number of hydrogen-bond donors (Lipinski definition) is 0. The average Bonchev–Trinajstić information content (AvgIpc) is 2.93. The predicted molar refractivity (Wildman–Crippen MR) is 90.3 cm³/mol. The highest BCUT2D eigenvalue weighted by Crippen LogP contribution is 2.26. The smallest absolute Gasteiger partial charge is 0.00961 e. The molecule has 0 amide bonds. The summed E-state index contributed by atoms with van der Waals surface area (Å²) >= 11 is 0. The van der Waals surface area contributed by atoms with E-state index in [0.717, 1.165) is 0 Å². The van der Waals surface area contributed by atoms with Crippen LogP contribution in [-0.4, -0.2) is 0 Å². The van der Waals surface area contributed by atoms with Crippen LogP contribution in [0, 0.1) is 0 Å². The molecule has 0 heterocycles. The molecular weight excluding hydrogens is 252 g/mol. The van der Waals surface area contributed by atoms with Gasteiger partial charge in [-0.2, -0.15) is 0 Å². The molecule has 1 aliphatic carbocycles. The molecule has 100 valence electrons. The van der Waals surface area contributed by atoms with Gasteiger partial charge in [-0.15, -0.1) is 0 Å². The maximum absolute atomic E-state index is 2.31. The molecule has 0 N–H and O–H groups in total. The maximum Gasteiger partial charge on any atom is -0.00961 e. The lowest BCUT2D eigenvalue weighted by molar-refractivity contribution is 1.50. The van der Waals surface area contributed by atoms with E-state index in [1.165, 1.54) is 38.3 Å². The Labute approximate surface area is 124 Å². The Bertz CT molecular complexity index is 932. The van der Waals surface area contributed by atoms with E-state index in [2.05, 4.69) is 85.8 Å². The van der Waals surface area contributed by atoms with Gasteiger partial charge in [-0.05, 0) is 51.3 Å². The van der Waals surface area contributed by atoms with E-state index in [1.807, 2.05) is 0 Å². The summed E-state index contributed by atoms with van der Waals surface area (Å²) in [5.41, 5.74) is 6.59. The lowest BCUT2D eigenvalue weighted by atomic mass is 9.98. The average molecular weight is 268 g/mol. The minimum Gasteiger partial charge on any atom is -0.0791 e. The van der Waals surface area contributed by atoms with Gasteiger partial charge in [0.05, 0.1) is 0 Å². The molecule has 1 aliphatic rings. The van der Waals surface area contributed by atoms with Crippen molar-refractivity contribution in [3.8, 4) is 22.3 Å². The van der Waals surface area contributed by atoms with Crippen molar-refractivity contribution in [1.29, 1.82) is 0 Å². The summed E-state index contributed by atoms with van der Waals surface area (Å²) in [4.78, 5) is 0. The molecule has 3 aromatic rings. The van der Waals surface area contributed by atoms with E-state index in [4.69, 9.17) is 0 Å². The molecule has 21 heavy (non-hydrogen) atoms. The Morgan fingerprint density at radius 3 is 2.19 bits per heavy atom. The van der Waals surface area contributed by atoms with Gasteiger partial charge in [-0.25, -0.2) is 0 Å². The second-order valence-electron chi connectivity index (χ2n) is 5.37. The quantitative estimate of drug-likeness (QED) is 0.490. The standard InChI is InChI=1S/C21H16/c1-2-17-19(15-8-4-3-5-9-15)12-13-20-18-11-7-6-10-16(18)14-21(17)20/h2-14H,1H3. The minimum atomic E-state index is 1.28. The molecule has 0 spiro atoms. The van der Waals surface area contributed by atoms with Crippen LogP contribution in [-0.2, 0) is 0 Å². The number of benzene rings is 3. The van der Waals surface area contributed by atoms with Crippen LogP contribution < -0.4 is 10.4 Å². The molecule has 0 saturated carbocycles. The topological polar surface area (TPSA) is 0 Å². The highest BCUT2D eigenvalue weighted by Gasteiger charge is 2.13. The molecule has 0 unspecified atom stereocenters. The van der Waals surface area contributed by atoms with Crippen LogP contribution in [0.2, 0.25) is 0 Å². The molecule has 0 fully saturated rings. The molecule has 0 aromatic heterocycles. The first-order valence-corrected chi connectivity index (χ1v) is 7.34. The molecule has 0 radical (unpaired) electrons. The molecule has 0 atom stereocenters. The number of fused-ring (bicyclic) bond motifs is 3. The van der Waals surface area contributed by atoms with Gasteiger partial charge in [-0.1, -0.05) is 72.8 Å². The first-order valence-electron chi connectivity index (χ1n) is 7.34. The predicted octanol–water partition coefficient (Wildman–Crippen LogP) is 3.96. The third-order valence-corrected chi connectivity index (χ3v) is 4.21. The Morgan fingerprint density at radius 1 is 0.667 bits per heavy atom. The lowest BCUT2D eigenvalue weighted by Gasteiger charge is -2.06. The summed E-state index contributed by atoms with van der Waals surface area (Å²) in [6, 6.07) is 23.7. The number of hydrogen-bond acceptors (Lipinski definition) is 0. The van der Waals surface area contributed by atoms with Gasteiger partial charge in [0.1, 0.15) is 0 Å². The van der Waals surface area contributed by atoms with Crippen molar-refractivity contribution in [3.63, 3.8) is 0 Å². The zero-order valence-corrected chi connectivity index (χ0v) is 12.0. The Kier molecular flexibility index (Phi) is 2.75. The Balaban J connectivity index is 2.06. The SMILES string of the molecule is CC=c1c(-c2ccccc2)ccc2c1=Cc1ccccc1-2.